The van der Waals surface area contributed by atoms with Gasteiger partial charge in [0.15, 0.2) is 0 Å². The van der Waals surface area contributed by atoms with Crippen LogP contribution in [-0.4, -0.2) is 23.2 Å². The Bertz CT molecular complexity index is 664. The van der Waals surface area contributed by atoms with Gasteiger partial charge in [0.2, 0.25) is 5.89 Å². The van der Waals surface area contributed by atoms with Crippen molar-refractivity contribution >= 4 is 5.97 Å². The molecule has 0 saturated heterocycles. The van der Waals surface area contributed by atoms with Crippen molar-refractivity contribution in [1.82, 2.24) is 4.98 Å². The summed E-state index contributed by atoms with van der Waals surface area (Å²) in [5.74, 6) is -1.22. The molecule has 1 aromatic heterocycles. The van der Waals surface area contributed by atoms with Gasteiger partial charge < -0.3 is 14.3 Å². The summed E-state index contributed by atoms with van der Waals surface area (Å²) in [6.07, 6.45) is -3.82. The maximum absolute atomic E-state index is 12.8. The molecular formula is C13H10F3NO4. The first-order valence-corrected chi connectivity index (χ1v) is 5.72. The fourth-order valence-electron chi connectivity index (χ4n) is 1.68. The lowest BCUT2D eigenvalue weighted by Crippen LogP contribution is -2.05. The second kappa shape index (κ2) is 5.47. The zero-order valence-electron chi connectivity index (χ0n) is 10.8. The molecule has 8 heteroatoms. The summed E-state index contributed by atoms with van der Waals surface area (Å²) in [7, 11) is 1.24. The molecule has 21 heavy (non-hydrogen) atoms. The monoisotopic (exact) mass is 301 g/mol. The summed E-state index contributed by atoms with van der Waals surface area (Å²) in [5.41, 5.74) is -0.734. The van der Waals surface area contributed by atoms with E-state index in [1.807, 2.05) is 0 Å². The topological polar surface area (TPSA) is 72.6 Å². The van der Waals surface area contributed by atoms with E-state index < -0.39 is 17.7 Å². The van der Waals surface area contributed by atoms with Crippen molar-refractivity contribution in [2.75, 3.05) is 7.11 Å². The molecule has 0 aliphatic heterocycles. The number of hydrogen-bond donors (Lipinski definition) is 1. The zero-order valence-corrected chi connectivity index (χ0v) is 10.8. The minimum atomic E-state index is -4.54. The second-order valence-corrected chi connectivity index (χ2v) is 4.16. The highest BCUT2D eigenvalue weighted by atomic mass is 19.4. The predicted molar refractivity (Wildman–Crippen MR) is 64.8 cm³/mol. The first-order valence-electron chi connectivity index (χ1n) is 5.72. The number of hydrogen-bond acceptors (Lipinski definition) is 4. The molecule has 0 saturated carbocycles. The van der Waals surface area contributed by atoms with Crippen LogP contribution < -0.4 is 4.74 Å². The van der Waals surface area contributed by atoms with Gasteiger partial charge in [0.25, 0.3) is 0 Å². The Hall–Kier alpha value is -2.51. The molecule has 2 aromatic rings. The average molecular weight is 301 g/mol. The van der Waals surface area contributed by atoms with Crippen molar-refractivity contribution < 1.29 is 32.2 Å². The Labute approximate surface area is 117 Å². The van der Waals surface area contributed by atoms with E-state index in [0.29, 0.717) is 0 Å². The van der Waals surface area contributed by atoms with Gasteiger partial charge in [-0.15, -0.1) is 0 Å². The molecule has 0 unspecified atom stereocenters. The standard InChI is InChI=1S/C13H10F3NO4/c1-20-10-3-7(2-8(4-10)13(14,15)16)12-17-9(6-21-12)5-11(18)19/h2-4,6H,5H2,1H3,(H,18,19). The molecule has 1 aromatic carbocycles. The molecule has 2 rings (SSSR count). The van der Waals surface area contributed by atoms with Gasteiger partial charge in [-0.1, -0.05) is 0 Å². The Morgan fingerprint density at radius 3 is 2.67 bits per heavy atom. The number of halogens is 3. The third-order valence-electron chi connectivity index (χ3n) is 2.60. The first kappa shape index (κ1) is 14.9. The van der Waals surface area contributed by atoms with E-state index in [2.05, 4.69) is 4.98 Å². The van der Waals surface area contributed by atoms with Crippen molar-refractivity contribution in [2.24, 2.45) is 0 Å². The number of methoxy groups -OCH3 is 1. The lowest BCUT2D eigenvalue weighted by Gasteiger charge is -2.10. The fourth-order valence-corrected chi connectivity index (χ4v) is 1.68. The summed E-state index contributed by atoms with van der Waals surface area (Å²) < 4.78 is 48.2. The Morgan fingerprint density at radius 1 is 1.38 bits per heavy atom. The molecule has 0 radical (unpaired) electrons. The van der Waals surface area contributed by atoms with Crippen LogP contribution in [0.2, 0.25) is 0 Å². The second-order valence-electron chi connectivity index (χ2n) is 4.16. The maximum atomic E-state index is 12.8. The predicted octanol–water partition coefficient (Wildman–Crippen LogP) is 3.00. The van der Waals surface area contributed by atoms with E-state index in [1.54, 1.807) is 0 Å². The summed E-state index contributed by atoms with van der Waals surface area (Å²) in [6.45, 7) is 0. The van der Waals surface area contributed by atoms with Crippen molar-refractivity contribution in [1.29, 1.82) is 0 Å². The molecule has 1 heterocycles. The highest BCUT2D eigenvalue weighted by molar-refractivity contribution is 5.69. The molecule has 0 spiro atoms. The number of carbonyl (C=O) groups is 1. The molecule has 0 aliphatic carbocycles. The van der Waals surface area contributed by atoms with Crippen molar-refractivity contribution in [3.05, 3.63) is 35.7 Å². The number of ether oxygens (including phenoxy) is 1. The van der Waals surface area contributed by atoms with Gasteiger partial charge >= 0.3 is 12.1 Å². The normalized spacial score (nSPS) is 11.4. The van der Waals surface area contributed by atoms with Crippen molar-refractivity contribution in [3.8, 4) is 17.2 Å². The summed E-state index contributed by atoms with van der Waals surface area (Å²) in [6, 6.07) is 3.04. The van der Waals surface area contributed by atoms with Crippen LogP contribution in [0.3, 0.4) is 0 Å². The molecular weight excluding hydrogens is 291 g/mol. The van der Waals surface area contributed by atoms with E-state index in [-0.39, 0.29) is 29.3 Å². The van der Waals surface area contributed by atoms with E-state index in [4.69, 9.17) is 14.3 Å². The van der Waals surface area contributed by atoms with Gasteiger partial charge in [-0.3, -0.25) is 4.79 Å². The number of oxazole rings is 1. The van der Waals surface area contributed by atoms with Crippen LogP contribution in [0, 0.1) is 0 Å². The summed E-state index contributed by atoms with van der Waals surface area (Å²) in [5, 5.41) is 8.63. The largest absolute Gasteiger partial charge is 0.497 e. The highest BCUT2D eigenvalue weighted by Gasteiger charge is 2.32. The van der Waals surface area contributed by atoms with Crippen LogP contribution in [0.25, 0.3) is 11.5 Å². The number of rotatable bonds is 4. The Morgan fingerprint density at radius 2 is 2.10 bits per heavy atom. The van der Waals surface area contributed by atoms with Crippen LogP contribution in [-0.2, 0) is 17.4 Å². The molecule has 0 aliphatic rings. The molecule has 0 amide bonds. The first-order chi connectivity index (χ1) is 9.79. The lowest BCUT2D eigenvalue weighted by atomic mass is 10.1. The number of alkyl halides is 3. The smallest absolute Gasteiger partial charge is 0.416 e. The van der Waals surface area contributed by atoms with Gasteiger partial charge in [0.1, 0.15) is 12.0 Å². The number of aliphatic carboxylic acids is 1. The number of aromatic nitrogens is 1. The summed E-state index contributed by atoms with van der Waals surface area (Å²) >= 11 is 0. The Balaban J connectivity index is 2.43. The third-order valence-corrected chi connectivity index (χ3v) is 2.60. The molecule has 112 valence electrons. The minimum Gasteiger partial charge on any atom is -0.497 e. The average Bonchev–Trinajstić information content (AvgIpc) is 2.84. The molecule has 0 atom stereocenters. The fraction of sp³-hybridized carbons (Fsp3) is 0.231. The molecule has 5 nitrogen and oxygen atoms in total. The van der Waals surface area contributed by atoms with Crippen LogP contribution in [0.15, 0.2) is 28.9 Å². The van der Waals surface area contributed by atoms with Crippen LogP contribution in [0.1, 0.15) is 11.3 Å². The van der Waals surface area contributed by atoms with Gasteiger partial charge in [0.05, 0.1) is 24.8 Å². The maximum Gasteiger partial charge on any atom is 0.416 e. The lowest BCUT2D eigenvalue weighted by molar-refractivity contribution is -0.138. The quantitative estimate of drug-likeness (QED) is 0.939. The minimum absolute atomic E-state index is 0.00203. The number of carboxylic acid groups (broad SMARTS) is 1. The van der Waals surface area contributed by atoms with Crippen molar-refractivity contribution in [2.45, 2.75) is 12.6 Å². The van der Waals surface area contributed by atoms with E-state index in [9.17, 15) is 18.0 Å². The third kappa shape index (κ3) is 3.53. The van der Waals surface area contributed by atoms with E-state index in [0.717, 1.165) is 18.4 Å². The Kier molecular flexibility index (Phi) is 3.88. The molecule has 0 fully saturated rings. The molecule has 1 N–H and O–H groups in total. The highest BCUT2D eigenvalue weighted by Crippen LogP contribution is 2.35. The van der Waals surface area contributed by atoms with Gasteiger partial charge in [0, 0.05) is 5.56 Å². The summed E-state index contributed by atoms with van der Waals surface area (Å²) in [4.78, 5) is 14.4. The van der Waals surface area contributed by atoms with E-state index in [1.165, 1.54) is 13.2 Å². The van der Waals surface area contributed by atoms with Gasteiger partial charge in [-0.25, -0.2) is 4.98 Å². The van der Waals surface area contributed by atoms with Crippen LogP contribution >= 0.6 is 0 Å². The number of carboxylic acids is 1. The van der Waals surface area contributed by atoms with Crippen LogP contribution in [0.5, 0.6) is 5.75 Å². The van der Waals surface area contributed by atoms with Gasteiger partial charge in [-0.2, -0.15) is 13.2 Å². The van der Waals surface area contributed by atoms with E-state index >= 15 is 0 Å². The number of benzene rings is 1. The van der Waals surface area contributed by atoms with Crippen LogP contribution in [0.4, 0.5) is 13.2 Å². The number of nitrogens with zero attached hydrogens (tertiary/aromatic N) is 1. The SMILES string of the molecule is COc1cc(-c2nc(CC(=O)O)co2)cc(C(F)(F)F)c1. The zero-order chi connectivity index (χ0) is 15.6. The van der Waals surface area contributed by atoms with Crippen molar-refractivity contribution in [3.63, 3.8) is 0 Å². The molecule has 0 bridgehead atoms. The van der Waals surface area contributed by atoms with Gasteiger partial charge in [-0.05, 0) is 18.2 Å².